The second kappa shape index (κ2) is 7.50. The molecule has 0 bridgehead atoms. The first-order valence-electron chi connectivity index (χ1n) is 6.28. The normalized spacial score (nSPS) is 10.3. The molecule has 4 heteroatoms. The van der Waals surface area contributed by atoms with Crippen molar-refractivity contribution in [2.24, 2.45) is 0 Å². The van der Waals surface area contributed by atoms with Crippen molar-refractivity contribution in [3.63, 3.8) is 0 Å². The molecule has 2 aromatic carbocycles. The number of thioether (sulfide) groups is 1. The Labute approximate surface area is 131 Å². The van der Waals surface area contributed by atoms with Gasteiger partial charge in [-0.25, -0.2) is 0 Å². The number of rotatable bonds is 6. The van der Waals surface area contributed by atoms with Crippen LogP contribution in [0.15, 0.2) is 57.9 Å². The van der Waals surface area contributed by atoms with Crippen LogP contribution in [-0.4, -0.2) is 18.1 Å². The van der Waals surface area contributed by atoms with Crippen LogP contribution in [0.25, 0.3) is 0 Å². The van der Waals surface area contributed by atoms with Crippen LogP contribution < -0.4 is 4.74 Å². The van der Waals surface area contributed by atoms with Gasteiger partial charge in [-0.1, -0.05) is 34.1 Å². The fraction of sp³-hybridized carbons (Fsp3) is 0.188. The van der Waals surface area contributed by atoms with Gasteiger partial charge in [0.15, 0.2) is 5.78 Å². The number of carbonyl (C=O) groups is 1. The molecule has 2 nitrogen and oxygen atoms in total. The van der Waals surface area contributed by atoms with Gasteiger partial charge in [-0.2, -0.15) is 0 Å². The van der Waals surface area contributed by atoms with E-state index in [0.29, 0.717) is 17.9 Å². The molecule has 20 heavy (non-hydrogen) atoms. The Morgan fingerprint density at radius 2 is 1.95 bits per heavy atom. The van der Waals surface area contributed by atoms with Gasteiger partial charge in [-0.05, 0) is 37.3 Å². The second-order valence-electron chi connectivity index (χ2n) is 4.21. The van der Waals surface area contributed by atoms with E-state index in [4.69, 9.17) is 4.74 Å². The van der Waals surface area contributed by atoms with E-state index in [1.165, 1.54) is 4.90 Å². The number of Topliss-reactive ketones (excluding diaryl/α,β-unsaturated/α-hetero) is 1. The molecule has 0 N–H and O–H groups in total. The van der Waals surface area contributed by atoms with Crippen molar-refractivity contribution in [3.8, 4) is 5.75 Å². The monoisotopic (exact) mass is 350 g/mol. The molecule has 2 rings (SSSR count). The molecule has 0 radical (unpaired) electrons. The van der Waals surface area contributed by atoms with Gasteiger partial charge >= 0.3 is 0 Å². The molecular weight excluding hydrogens is 336 g/mol. The van der Waals surface area contributed by atoms with Crippen LogP contribution >= 0.6 is 27.7 Å². The van der Waals surface area contributed by atoms with Crippen molar-refractivity contribution in [2.45, 2.75) is 11.8 Å². The molecule has 0 saturated carbocycles. The average Bonchev–Trinajstić information content (AvgIpc) is 2.44. The molecule has 0 aromatic heterocycles. The smallest absolute Gasteiger partial charge is 0.163 e. The van der Waals surface area contributed by atoms with E-state index in [1.807, 2.05) is 30.3 Å². The summed E-state index contributed by atoms with van der Waals surface area (Å²) in [6, 6.07) is 15.7. The topological polar surface area (TPSA) is 26.3 Å². The first-order chi connectivity index (χ1) is 9.66. The highest BCUT2D eigenvalue weighted by molar-refractivity contribution is 9.10. The molecule has 0 aliphatic rings. The van der Waals surface area contributed by atoms with Gasteiger partial charge in [-0.3, -0.25) is 4.79 Å². The van der Waals surface area contributed by atoms with Crippen molar-refractivity contribution < 1.29 is 9.53 Å². The van der Waals surface area contributed by atoms with Crippen LogP contribution in [0.5, 0.6) is 5.75 Å². The summed E-state index contributed by atoms with van der Waals surface area (Å²) >= 11 is 5.13. The maximum Gasteiger partial charge on any atom is 0.163 e. The van der Waals surface area contributed by atoms with Crippen molar-refractivity contribution in [1.29, 1.82) is 0 Å². The van der Waals surface area contributed by atoms with E-state index in [2.05, 4.69) is 28.1 Å². The number of carbonyl (C=O) groups excluding carboxylic acids is 1. The van der Waals surface area contributed by atoms with Crippen LogP contribution in [0.2, 0.25) is 0 Å². The summed E-state index contributed by atoms with van der Waals surface area (Å²) in [5.41, 5.74) is 0.623. The fourth-order valence-corrected chi connectivity index (χ4v) is 2.83. The Hall–Kier alpha value is -1.26. The summed E-state index contributed by atoms with van der Waals surface area (Å²) in [5, 5.41) is 0. The van der Waals surface area contributed by atoms with Crippen molar-refractivity contribution in [3.05, 3.63) is 58.6 Å². The quantitative estimate of drug-likeness (QED) is 0.424. The van der Waals surface area contributed by atoms with E-state index < -0.39 is 0 Å². The molecule has 0 spiro atoms. The van der Waals surface area contributed by atoms with E-state index in [9.17, 15) is 4.79 Å². The first kappa shape index (κ1) is 15.1. The zero-order valence-corrected chi connectivity index (χ0v) is 13.5. The highest BCUT2D eigenvalue weighted by Gasteiger charge is 2.08. The van der Waals surface area contributed by atoms with Crippen molar-refractivity contribution in [2.75, 3.05) is 12.4 Å². The predicted molar refractivity (Wildman–Crippen MR) is 86.8 cm³/mol. The molecule has 0 aliphatic carbocycles. The zero-order chi connectivity index (χ0) is 14.4. The summed E-state index contributed by atoms with van der Waals surface area (Å²) < 4.78 is 6.64. The molecule has 2 aromatic rings. The summed E-state index contributed by atoms with van der Waals surface area (Å²) in [6.07, 6.45) is 0. The number of hydrogen-bond acceptors (Lipinski definition) is 3. The molecule has 0 aliphatic heterocycles. The number of benzene rings is 2. The number of ketones is 1. The van der Waals surface area contributed by atoms with Gasteiger partial charge in [0.2, 0.25) is 0 Å². The van der Waals surface area contributed by atoms with E-state index >= 15 is 0 Å². The second-order valence-corrected chi connectivity index (χ2v) is 6.29. The van der Waals surface area contributed by atoms with E-state index in [1.54, 1.807) is 24.8 Å². The SMILES string of the molecule is CC(=O)c1ccc(Br)cc1OCCSc1ccccc1. The Bertz CT molecular complexity index is 584. The van der Waals surface area contributed by atoms with Gasteiger partial charge in [0.25, 0.3) is 0 Å². The lowest BCUT2D eigenvalue weighted by molar-refractivity contribution is 0.101. The highest BCUT2D eigenvalue weighted by Crippen LogP contribution is 2.25. The summed E-state index contributed by atoms with van der Waals surface area (Å²) in [6.45, 7) is 2.12. The van der Waals surface area contributed by atoms with Gasteiger partial charge in [0.1, 0.15) is 5.75 Å². The molecule has 0 unspecified atom stereocenters. The molecule has 0 saturated heterocycles. The molecule has 0 amide bonds. The lowest BCUT2D eigenvalue weighted by atomic mass is 10.1. The standard InChI is InChI=1S/C16H15BrO2S/c1-12(18)15-8-7-13(17)11-16(15)19-9-10-20-14-5-3-2-4-6-14/h2-8,11H,9-10H2,1H3. The Kier molecular flexibility index (Phi) is 5.68. The third-order valence-electron chi connectivity index (χ3n) is 2.68. The third-order valence-corrected chi connectivity index (χ3v) is 4.15. The Morgan fingerprint density at radius 1 is 1.20 bits per heavy atom. The summed E-state index contributed by atoms with van der Waals surface area (Å²) in [7, 11) is 0. The summed E-state index contributed by atoms with van der Waals surface area (Å²) in [5.74, 6) is 1.50. The maximum atomic E-state index is 11.5. The minimum Gasteiger partial charge on any atom is -0.492 e. The maximum absolute atomic E-state index is 11.5. The molecule has 0 heterocycles. The first-order valence-corrected chi connectivity index (χ1v) is 8.06. The van der Waals surface area contributed by atoms with Crippen LogP contribution in [0.1, 0.15) is 17.3 Å². The number of hydrogen-bond donors (Lipinski definition) is 0. The Balaban J connectivity index is 1.91. The lowest BCUT2D eigenvalue weighted by Crippen LogP contribution is -2.04. The van der Waals surface area contributed by atoms with Gasteiger partial charge in [0.05, 0.1) is 12.2 Å². The predicted octanol–water partition coefficient (Wildman–Crippen LogP) is 4.82. The van der Waals surface area contributed by atoms with Crippen LogP contribution in [0, 0.1) is 0 Å². The molecule has 0 atom stereocenters. The van der Waals surface area contributed by atoms with Gasteiger partial charge in [0, 0.05) is 15.1 Å². The van der Waals surface area contributed by atoms with Crippen LogP contribution in [-0.2, 0) is 0 Å². The minimum atomic E-state index is 0.0169. The fourth-order valence-electron chi connectivity index (χ4n) is 1.73. The molecular formula is C16H15BrO2S. The van der Waals surface area contributed by atoms with Gasteiger partial charge < -0.3 is 4.74 Å². The number of ether oxygens (including phenoxy) is 1. The molecule has 104 valence electrons. The van der Waals surface area contributed by atoms with Crippen LogP contribution in [0.3, 0.4) is 0 Å². The Morgan fingerprint density at radius 3 is 2.65 bits per heavy atom. The van der Waals surface area contributed by atoms with Crippen LogP contribution in [0.4, 0.5) is 0 Å². The largest absolute Gasteiger partial charge is 0.492 e. The minimum absolute atomic E-state index is 0.0169. The highest BCUT2D eigenvalue weighted by atomic mass is 79.9. The molecule has 0 fully saturated rings. The number of halogens is 1. The van der Waals surface area contributed by atoms with Crippen molar-refractivity contribution >= 4 is 33.5 Å². The summed E-state index contributed by atoms with van der Waals surface area (Å²) in [4.78, 5) is 12.8. The third kappa shape index (κ3) is 4.39. The average molecular weight is 351 g/mol. The zero-order valence-electron chi connectivity index (χ0n) is 11.1. The van der Waals surface area contributed by atoms with Crippen molar-refractivity contribution in [1.82, 2.24) is 0 Å². The lowest BCUT2D eigenvalue weighted by Gasteiger charge is -2.10. The van der Waals surface area contributed by atoms with E-state index in [0.717, 1.165) is 10.2 Å². The van der Waals surface area contributed by atoms with Gasteiger partial charge in [-0.15, -0.1) is 11.8 Å². The van der Waals surface area contributed by atoms with E-state index in [-0.39, 0.29) is 5.78 Å².